The Morgan fingerprint density at radius 3 is 2.60 bits per heavy atom. The number of unbranched alkanes of at least 4 members (excludes halogenated alkanes) is 1. The van der Waals surface area contributed by atoms with Gasteiger partial charge in [0.2, 0.25) is 0 Å². The van der Waals surface area contributed by atoms with Crippen molar-refractivity contribution in [3.8, 4) is 11.5 Å². The van der Waals surface area contributed by atoms with Crippen molar-refractivity contribution in [2.45, 2.75) is 26.7 Å². The second-order valence-electron chi connectivity index (χ2n) is 4.28. The van der Waals surface area contributed by atoms with E-state index in [9.17, 15) is 9.59 Å². The molecule has 0 spiro atoms. The van der Waals surface area contributed by atoms with E-state index in [1.54, 1.807) is 18.2 Å². The molecule has 5 heteroatoms. The zero-order chi connectivity index (χ0) is 15.0. The van der Waals surface area contributed by atoms with Crippen LogP contribution >= 0.6 is 0 Å². The smallest absolute Gasteiger partial charge is 0.344 e. The Kier molecular flexibility index (Phi) is 6.56. The molecule has 0 saturated heterocycles. The largest absolute Gasteiger partial charge is 0.497 e. The maximum Gasteiger partial charge on any atom is 0.344 e. The Hall–Kier alpha value is -2.04. The van der Waals surface area contributed by atoms with Crippen LogP contribution in [0.2, 0.25) is 0 Å². The molecule has 0 aliphatic rings. The number of hydrogen-bond acceptors (Lipinski definition) is 5. The van der Waals surface area contributed by atoms with Crippen molar-refractivity contribution in [3.05, 3.63) is 23.8 Å². The summed E-state index contributed by atoms with van der Waals surface area (Å²) in [6.07, 6.45) is 1.78. The standard InChI is InChI=1S/C15H20O5/c1-4-5-8-19-15(17)10-20-14-9-12(18-3)6-7-13(14)11(2)16/h6-7,9H,4-5,8,10H2,1-3H3. The number of hydrogen-bond donors (Lipinski definition) is 0. The lowest BCUT2D eigenvalue weighted by Crippen LogP contribution is -2.16. The molecular weight excluding hydrogens is 260 g/mol. The Morgan fingerprint density at radius 2 is 2.00 bits per heavy atom. The highest BCUT2D eigenvalue weighted by Gasteiger charge is 2.12. The van der Waals surface area contributed by atoms with Gasteiger partial charge in [-0.3, -0.25) is 4.79 Å². The minimum atomic E-state index is -0.448. The number of methoxy groups -OCH3 is 1. The van der Waals surface area contributed by atoms with Gasteiger partial charge in [-0.25, -0.2) is 4.79 Å². The highest BCUT2D eigenvalue weighted by molar-refractivity contribution is 5.97. The molecule has 0 aromatic heterocycles. The first-order valence-corrected chi connectivity index (χ1v) is 6.55. The van der Waals surface area contributed by atoms with E-state index in [1.165, 1.54) is 14.0 Å². The zero-order valence-corrected chi connectivity index (χ0v) is 12.1. The monoisotopic (exact) mass is 280 g/mol. The Morgan fingerprint density at radius 1 is 1.25 bits per heavy atom. The molecule has 20 heavy (non-hydrogen) atoms. The quantitative estimate of drug-likeness (QED) is 0.416. The van der Waals surface area contributed by atoms with E-state index in [-0.39, 0.29) is 12.4 Å². The van der Waals surface area contributed by atoms with E-state index < -0.39 is 5.97 Å². The summed E-state index contributed by atoms with van der Waals surface area (Å²) < 4.78 is 15.4. The number of benzene rings is 1. The van der Waals surface area contributed by atoms with Crippen molar-refractivity contribution in [3.63, 3.8) is 0 Å². The summed E-state index contributed by atoms with van der Waals surface area (Å²) in [6.45, 7) is 3.61. The third-order valence-corrected chi connectivity index (χ3v) is 2.67. The molecule has 0 atom stereocenters. The van der Waals surface area contributed by atoms with Crippen molar-refractivity contribution in [2.24, 2.45) is 0 Å². The Bertz CT molecular complexity index is 467. The molecule has 110 valence electrons. The van der Waals surface area contributed by atoms with Gasteiger partial charge in [-0.2, -0.15) is 0 Å². The number of ether oxygens (including phenoxy) is 3. The SMILES string of the molecule is CCCCOC(=O)COc1cc(OC)ccc1C(C)=O. The van der Waals surface area contributed by atoms with Gasteiger partial charge in [0.15, 0.2) is 12.4 Å². The molecular formula is C15H20O5. The molecule has 0 N–H and O–H groups in total. The van der Waals surface area contributed by atoms with Crippen molar-refractivity contribution < 1.29 is 23.8 Å². The van der Waals surface area contributed by atoms with Crippen LogP contribution in [0.25, 0.3) is 0 Å². The molecule has 0 amide bonds. The molecule has 0 radical (unpaired) electrons. The van der Waals surface area contributed by atoms with E-state index in [4.69, 9.17) is 14.2 Å². The van der Waals surface area contributed by atoms with Crippen molar-refractivity contribution in [1.29, 1.82) is 0 Å². The van der Waals surface area contributed by atoms with Gasteiger partial charge in [0.05, 0.1) is 19.3 Å². The normalized spacial score (nSPS) is 9.95. The van der Waals surface area contributed by atoms with E-state index >= 15 is 0 Å². The minimum Gasteiger partial charge on any atom is -0.497 e. The lowest BCUT2D eigenvalue weighted by Gasteiger charge is -2.11. The van der Waals surface area contributed by atoms with Crippen LogP contribution in [0.5, 0.6) is 11.5 Å². The average molecular weight is 280 g/mol. The molecule has 0 bridgehead atoms. The summed E-state index contributed by atoms with van der Waals surface area (Å²) in [4.78, 5) is 22.9. The Labute approximate surface area is 118 Å². The van der Waals surface area contributed by atoms with Gasteiger partial charge in [-0.15, -0.1) is 0 Å². The van der Waals surface area contributed by atoms with Crippen LogP contribution in [-0.4, -0.2) is 32.1 Å². The predicted octanol–water partition coefficient (Wildman–Crippen LogP) is 2.62. The summed E-state index contributed by atoms with van der Waals surface area (Å²) in [7, 11) is 1.52. The molecule has 1 aromatic rings. The molecule has 0 unspecified atom stereocenters. The first-order valence-electron chi connectivity index (χ1n) is 6.55. The van der Waals surface area contributed by atoms with Crippen LogP contribution in [-0.2, 0) is 9.53 Å². The molecule has 0 saturated carbocycles. The number of esters is 1. The molecule has 0 aliphatic carbocycles. The minimum absolute atomic E-state index is 0.137. The first kappa shape index (κ1) is 16.0. The lowest BCUT2D eigenvalue weighted by atomic mass is 10.1. The van der Waals surface area contributed by atoms with E-state index in [0.29, 0.717) is 23.7 Å². The van der Waals surface area contributed by atoms with Crippen LogP contribution in [0.4, 0.5) is 0 Å². The van der Waals surface area contributed by atoms with Crippen LogP contribution in [0.3, 0.4) is 0 Å². The van der Waals surface area contributed by atoms with Gasteiger partial charge in [0.1, 0.15) is 11.5 Å². The lowest BCUT2D eigenvalue weighted by molar-refractivity contribution is -0.146. The molecule has 1 rings (SSSR count). The summed E-state index contributed by atoms with van der Waals surface area (Å²) in [5.41, 5.74) is 0.409. The maximum absolute atomic E-state index is 11.5. The number of rotatable bonds is 8. The molecule has 1 aromatic carbocycles. The van der Waals surface area contributed by atoms with Crippen molar-refractivity contribution >= 4 is 11.8 Å². The average Bonchev–Trinajstić information content (AvgIpc) is 2.44. The summed E-state index contributed by atoms with van der Waals surface area (Å²) in [5.74, 6) is 0.298. The number of carbonyl (C=O) groups is 2. The molecule has 0 aliphatic heterocycles. The fourth-order valence-electron chi connectivity index (χ4n) is 1.55. The van der Waals surface area contributed by atoms with Crippen molar-refractivity contribution in [2.75, 3.05) is 20.3 Å². The van der Waals surface area contributed by atoms with Gasteiger partial charge in [0, 0.05) is 6.07 Å². The van der Waals surface area contributed by atoms with E-state index in [1.807, 2.05) is 6.92 Å². The third-order valence-electron chi connectivity index (χ3n) is 2.67. The van der Waals surface area contributed by atoms with Crippen molar-refractivity contribution in [1.82, 2.24) is 0 Å². The summed E-state index contributed by atoms with van der Waals surface area (Å²) >= 11 is 0. The highest BCUT2D eigenvalue weighted by Crippen LogP contribution is 2.25. The number of carbonyl (C=O) groups excluding carboxylic acids is 2. The van der Waals surface area contributed by atoms with Crippen LogP contribution in [0.15, 0.2) is 18.2 Å². The first-order chi connectivity index (χ1) is 9.58. The number of Topliss-reactive ketones (excluding diaryl/α,β-unsaturated/α-hetero) is 1. The van der Waals surface area contributed by atoms with Crippen LogP contribution in [0, 0.1) is 0 Å². The second kappa shape index (κ2) is 8.19. The van der Waals surface area contributed by atoms with Gasteiger partial charge < -0.3 is 14.2 Å². The highest BCUT2D eigenvalue weighted by atomic mass is 16.6. The van der Waals surface area contributed by atoms with Gasteiger partial charge in [0.25, 0.3) is 0 Å². The van der Waals surface area contributed by atoms with Gasteiger partial charge >= 0.3 is 5.97 Å². The second-order valence-corrected chi connectivity index (χ2v) is 4.28. The Balaban J connectivity index is 2.65. The summed E-state index contributed by atoms with van der Waals surface area (Å²) in [5, 5.41) is 0. The maximum atomic E-state index is 11.5. The third kappa shape index (κ3) is 4.91. The fraction of sp³-hybridized carbons (Fsp3) is 0.467. The molecule has 5 nitrogen and oxygen atoms in total. The predicted molar refractivity (Wildman–Crippen MR) is 74.4 cm³/mol. The van der Waals surface area contributed by atoms with Crippen LogP contribution in [0.1, 0.15) is 37.0 Å². The topological polar surface area (TPSA) is 61.8 Å². The van der Waals surface area contributed by atoms with Crippen LogP contribution < -0.4 is 9.47 Å². The van der Waals surface area contributed by atoms with Gasteiger partial charge in [-0.05, 0) is 25.5 Å². The van der Waals surface area contributed by atoms with E-state index in [0.717, 1.165) is 12.8 Å². The fourth-order valence-corrected chi connectivity index (χ4v) is 1.55. The summed E-state index contributed by atoms with van der Waals surface area (Å²) in [6, 6.07) is 4.86. The van der Waals surface area contributed by atoms with Gasteiger partial charge in [-0.1, -0.05) is 13.3 Å². The zero-order valence-electron chi connectivity index (χ0n) is 12.1. The molecule has 0 heterocycles. The molecule has 0 fully saturated rings. The van der Waals surface area contributed by atoms with E-state index in [2.05, 4.69) is 0 Å². The number of ketones is 1.